The summed E-state index contributed by atoms with van der Waals surface area (Å²) in [4.78, 5) is 3.87. The molecule has 0 bridgehead atoms. The van der Waals surface area contributed by atoms with Crippen LogP contribution in [0.15, 0.2) is 42.7 Å². The van der Waals surface area contributed by atoms with Crippen molar-refractivity contribution < 1.29 is 4.39 Å². The van der Waals surface area contributed by atoms with Crippen LogP contribution in [-0.2, 0) is 13.5 Å². The molecule has 0 radical (unpaired) electrons. The highest BCUT2D eigenvalue weighted by molar-refractivity contribution is 5.81. The van der Waals surface area contributed by atoms with E-state index in [0.717, 1.165) is 16.6 Å². The van der Waals surface area contributed by atoms with Gasteiger partial charge in [-0.3, -0.25) is 20.9 Å². The van der Waals surface area contributed by atoms with Crippen molar-refractivity contribution in [3.05, 3.63) is 59.8 Å². The maximum Gasteiger partial charge on any atom is 0.141 e. The molecule has 0 fully saturated rings. The molecular formula is C15H16FN5. The molecule has 0 spiro atoms. The van der Waals surface area contributed by atoms with Crippen molar-refractivity contribution in [3.63, 3.8) is 0 Å². The number of aromatic nitrogens is 3. The SMILES string of the molecule is Cn1nc(CC(NN)c2cncc(F)c2)c2ccccc21. The Morgan fingerprint density at radius 3 is 2.90 bits per heavy atom. The Bertz CT molecular complexity index is 768. The van der Waals surface area contributed by atoms with Crippen molar-refractivity contribution in [1.82, 2.24) is 20.2 Å². The average Bonchev–Trinajstić information content (AvgIpc) is 2.82. The molecule has 1 aromatic carbocycles. The molecule has 21 heavy (non-hydrogen) atoms. The van der Waals surface area contributed by atoms with Gasteiger partial charge in [0.1, 0.15) is 5.82 Å². The number of hydrogen-bond acceptors (Lipinski definition) is 4. The maximum absolute atomic E-state index is 13.3. The summed E-state index contributed by atoms with van der Waals surface area (Å²) in [5.41, 5.74) is 5.39. The van der Waals surface area contributed by atoms with Crippen LogP contribution >= 0.6 is 0 Å². The third-order valence-electron chi connectivity index (χ3n) is 3.56. The van der Waals surface area contributed by atoms with Crippen LogP contribution in [0, 0.1) is 5.82 Å². The lowest BCUT2D eigenvalue weighted by molar-refractivity contribution is 0.533. The second kappa shape index (κ2) is 5.59. The van der Waals surface area contributed by atoms with Crippen molar-refractivity contribution >= 4 is 10.9 Å². The van der Waals surface area contributed by atoms with Gasteiger partial charge in [-0.25, -0.2) is 4.39 Å². The highest BCUT2D eigenvalue weighted by Gasteiger charge is 2.16. The predicted molar refractivity (Wildman–Crippen MR) is 78.7 cm³/mol. The number of nitrogens with one attached hydrogen (secondary N) is 1. The van der Waals surface area contributed by atoms with Crippen molar-refractivity contribution in [2.24, 2.45) is 12.9 Å². The highest BCUT2D eigenvalue weighted by Crippen LogP contribution is 2.23. The Balaban J connectivity index is 1.96. The molecule has 0 saturated carbocycles. The van der Waals surface area contributed by atoms with E-state index in [1.165, 1.54) is 12.3 Å². The zero-order chi connectivity index (χ0) is 14.8. The predicted octanol–water partition coefficient (Wildman–Crippen LogP) is 1.85. The number of nitrogens with zero attached hydrogens (tertiary/aromatic N) is 3. The van der Waals surface area contributed by atoms with Crippen molar-refractivity contribution in [2.45, 2.75) is 12.5 Å². The Morgan fingerprint density at radius 2 is 2.14 bits per heavy atom. The van der Waals surface area contributed by atoms with Gasteiger partial charge in [0.05, 0.1) is 23.4 Å². The molecule has 3 rings (SSSR count). The summed E-state index contributed by atoms with van der Waals surface area (Å²) in [5, 5.41) is 5.61. The number of hydrazine groups is 1. The molecule has 1 atom stereocenters. The van der Waals surface area contributed by atoms with Crippen LogP contribution in [0.2, 0.25) is 0 Å². The number of benzene rings is 1. The molecule has 108 valence electrons. The number of para-hydroxylation sites is 1. The first-order valence-electron chi connectivity index (χ1n) is 6.66. The van der Waals surface area contributed by atoms with Gasteiger partial charge in [0.15, 0.2) is 0 Å². The van der Waals surface area contributed by atoms with E-state index in [1.54, 1.807) is 6.20 Å². The fraction of sp³-hybridized carbons (Fsp3) is 0.200. The van der Waals surface area contributed by atoms with Gasteiger partial charge in [0.25, 0.3) is 0 Å². The van der Waals surface area contributed by atoms with Gasteiger partial charge in [-0.05, 0) is 17.7 Å². The van der Waals surface area contributed by atoms with Crippen LogP contribution in [-0.4, -0.2) is 14.8 Å². The van der Waals surface area contributed by atoms with E-state index in [4.69, 9.17) is 5.84 Å². The minimum Gasteiger partial charge on any atom is -0.271 e. The normalized spacial score (nSPS) is 12.7. The third kappa shape index (κ3) is 2.63. The zero-order valence-electron chi connectivity index (χ0n) is 11.6. The van der Waals surface area contributed by atoms with Crippen molar-refractivity contribution in [1.29, 1.82) is 0 Å². The van der Waals surface area contributed by atoms with E-state index in [2.05, 4.69) is 15.5 Å². The monoisotopic (exact) mass is 285 g/mol. The quantitative estimate of drug-likeness (QED) is 0.567. The summed E-state index contributed by atoms with van der Waals surface area (Å²) in [5.74, 6) is 5.24. The van der Waals surface area contributed by atoms with Crippen LogP contribution < -0.4 is 11.3 Å². The Hall–Kier alpha value is -2.31. The number of rotatable bonds is 4. The molecule has 3 N–H and O–H groups in total. The topological polar surface area (TPSA) is 68.8 Å². The molecule has 1 unspecified atom stereocenters. The number of hydrogen-bond donors (Lipinski definition) is 2. The molecule has 2 heterocycles. The fourth-order valence-corrected chi connectivity index (χ4v) is 2.52. The first kappa shape index (κ1) is 13.7. The van der Waals surface area contributed by atoms with Gasteiger partial charge < -0.3 is 0 Å². The Kier molecular flexibility index (Phi) is 3.64. The average molecular weight is 285 g/mol. The number of fused-ring (bicyclic) bond motifs is 1. The second-order valence-electron chi connectivity index (χ2n) is 4.95. The van der Waals surface area contributed by atoms with Crippen LogP contribution in [0.3, 0.4) is 0 Å². The summed E-state index contributed by atoms with van der Waals surface area (Å²) in [7, 11) is 1.90. The van der Waals surface area contributed by atoms with Gasteiger partial charge in [-0.1, -0.05) is 18.2 Å². The smallest absolute Gasteiger partial charge is 0.141 e. The summed E-state index contributed by atoms with van der Waals surface area (Å²) < 4.78 is 15.1. The molecule has 0 aliphatic carbocycles. The van der Waals surface area contributed by atoms with Gasteiger partial charge in [0, 0.05) is 25.1 Å². The molecule has 2 aromatic heterocycles. The van der Waals surface area contributed by atoms with Crippen LogP contribution in [0.1, 0.15) is 17.3 Å². The first-order valence-corrected chi connectivity index (χ1v) is 6.66. The minimum absolute atomic E-state index is 0.244. The molecule has 0 amide bonds. The minimum atomic E-state index is -0.376. The highest BCUT2D eigenvalue weighted by atomic mass is 19.1. The van der Waals surface area contributed by atoms with Crippen LogP contribution in [0.4, 0.5) is 4.39 Å². The summed E-state index contributed by atoms with van der Waals surface area (Å²) in [6.45, 7) is 0. The zero-order valence-corrected chi connectivity index (χ0v) is 11.6. The first-order chi connectivity index (χ1) is 10.2. The van der Waals surface area contributed by atoms with Crippen LogP contribution in [0.5, 0.6) is 0 Å². The molecule has 0 saturated heterocycles. The lowest BCUT2D eigenvalue weighted by atomic mass is 10.0. The molecule has 0 aliphatic heterocycles. The number of pyridine rings is 1. The number of aryl methyl sites for hydroxylation is 1. The Labute approximate surface area is 121 Å². The van der Waals surface area contributed by atoms with Crippen LogP contribution in [0.25, 0.3) is 10.9 Å². The molecule has 0 aliphatic rings. The van der Waals surface area contributed by atoms with Gasteiger partial charge in [-0.2, -0.15) is 5.10 Å². The fourth-order valence-electron chi connectivity index (χ4n) is 2.52. The summed E-state index contributed by atoms with van der Waals surface area (Å²) >= 11 is 0. The van der Waals surface area contributed by atoms with E-state index >= 15 is 0 Å². The van der Waals surface area contributed by atoms with Gasteiger partial charge in [-0.15, -0.1) is 0 Å². The molecule has 6 heteroatoms. The largest absolute Gasteiger partial charge is 0.271 e. The van der Waals surface area contributed by atoms with E-state index in [0.29, 0.717) is 12.0 Å². The van der Waals surface area contributed by atoms with Gasteiger partial charge in [0.2, 0.25) is 0 Å². The standard InChI is InChI=1S/C15H16FN5/c1-21-15-5-3-2-4-12(15)14(20-21)7-13(19-17)10-6-11(16)9-18-8-10/h2-6,8-9,13,19H,7,17H2,1H3. The lowest BCUT2D eigenvalue weighted by Gasteiger charge is -2.14. The number of nitrogens with two attached hydrogens (primary N) is 1. The molecule has 3 aromatic rings. The summed E-state index contributed by atoms with van der Waals surface area (Å²) in [6, 6.07) is 9.18. The maximum atomic E-state index is 13.3. The Morgan fingerprint density at radius 1 is 1.33 bits per heavy atom. The van der Waals surface area contributed by atoms with E-state index < -0.39 is 0 Å². The number of halogens is 1. The van der Waals surface area contributed by atoms with E-state index in [9.17, 15) is 4.39 Å². The second-order valence-corrected chi connectivity index (χ2v) is 4.95. The lowest BCUT2D eigenvalue weighted by Crippen LogP contribution is -2.30. The van der Waals surface area contributed by atoms with Gasteiger partial charge >= 0.3 is 0 Å². The third-order valence-corrected chi connectivity index (χ3v) is 3.56. The van der Waals surface area contributed by atoms with Crippen molar-refractivity contribution in [3.8, 4) is 0 Å². The molecule has 5 nitrogen and oxygen atoms in total. The van der Waals surface area contributed by atoms with E-state index in [1.807, 2.05) is 36.0 Å². The van der Waals surface area contributed by atoms with Crippen molar-refractivity contribution in [2.75, 3.05) is 0 Å². The van der Waals surface area contributed by atoms with E-state index in [-0.39, 0.29) is 11.9 Å². The molecular weight excluding hydrogens is 269 g/mol. The summed E-state index contributed by atoms with van der Waals surface area (Å²) in [6.07, 6.45) is 3.34.